The molecule has 0 aromatic carbocycles. The molecule has 0 N–H and O–H groups in total. The van der Waals surface area contributed by atoms with Gasteiger partial charge in [-0.05, 0) is 25.7 Å². The maximum atomic E-state index is 11.4. The topological polar surface area (TPSA) is 71.1 Å². The van der Waals surface area contributed by atoms with Gasteiger partial charge >= 0.3 is 11.9 Å². The Morgan fingerprint density at radius 2 is 1.04 bits per heavy atom. The molecule has 1 heterocycles. The summed E-state index contributed by atoms with van der Waals surface area (Å²) in [7, 11) is 0. The van der Waals surface area contributed by atoms with Crippen LogP contribution in [0.25, 0.3) is 0 Å². The maximum absolute atomic E-state index is 11.4. The van der Waals surface area contributed by atoms with E-state index in [4.69, 9.17) is 18.9 Å². The van der Waals surface area contributed by atoms with Crippen molar-refractivity contribution in [3.8, 4) is 0 Å². The molecule has 0 aliphatic carbocycles. The molecule has 6 nitrogen and oxygen atoms in total. The van der Waals surface area contributed by atoms with Crippen LogP contribution in [0.1, 0.15) is 32.1 Å². The fourth-order valence-corrected chi connectivity index (χ4v) is 1.88. The molecule has 0 aromatic rings. The van der Waals surface area contributed by atoms with Gasteiger partial charge in [0.25, 0.3) is 0 Å². The van der Waals surface area contributed by atoms with E-state index in [2.05, 4.69) is 0 Å². The largest absolute Gasteiger partial charge is 0.460 e. The molecule has 6 heteroatoms. The third-order valence-corrected chi connectivity index (χ3v) is 3.07. The first-order valence-corrected chi connectivity index (χ1v) is 8.11. The monoisotopic (exact) mass is 326 g/mol. The van der Waals surface area contributed by atoms with Gasteiger partial charge in [-0.15, -0.1) is 0 Å². The number of cyclic esters (lactones) is 2. The zero-order valence-corrected chi connectivity index (χ0v) is 13.5. The molecule has 23 heavy (non-hydrogen) atoms. The number of carbonyl (C=O) groups excluding carboxylic acids is 2. The van der Waals surface area contributed by atoms with Gasteiger partial charge in [0, 0.05) is 12.2 Å². The summed E-state index contributed by atoms with van der Waals surface area (Å²) in [5, 5.41) is 0. The molecule has 1 aliphatic rings. The van der Waals surface area contributed by atoms with Crippen molar-refractivity contribution < 1.29 is 28.5 Å². The van der Waals surface area contributed by atoms with Crippen LogP contribution in [0.15, 0.2) is 24.3 Å². The number of allylic oxidation sites excluding steroid dienone is 2. The molecule has 0 bridgehead atoms. The first-order chi connectivity index (χ1) is 11.3. The number of ether oxygens (including phenoxy) is 4. The van der Waals surface area contributed by atoms with Crippen LogP contribution >= 0.6 is 0 Å². The summed E-state index contributed by atoms with van der Waals surface area (Å²) in [6.45, 7) is 1.94. The van der Waals surface area contributed by atoms with E-state index in [-0.39, 0.29) is 25.2 Å². The molecule has 0 fully saturated rings. The van der Waals surface area contributed by atoms with E-state index in [1.54, 1.807) is 0 Å². The molecule has 1 aliphatic heterocycles. The Kier molecular flexibility index (Phi) is 11.8. The SMILES string of the molecule is O=C1/C=C/CCCCC/C=C/C(=O)OCCOCCOCCO1. The van der Waals surface area contributed by atoms with Crippen LogP contribution in [-0.4, -0.2) is 51.6 Å². The van der Waals surface area contributed by atoms with E-state index in [0.29, 0.717) is 26.4 Å². The number of carbonyl (C=O) groups is 2. The molecule has 0 aromatic heterocycles. The first kappa shape index (κ1) is 19.4. The molecule has 0 spiro atoms. The number of hydrogen-bond donors (Lipinski definition) is 0. The van der Waals surface area contributed by atoms with Gasteiger partial charge < -0.3 is 18.9 Å². The summed E-state index contributed by atoms with van der Waals surface area (Å²) >= 11 is 0. The van der Waals surface area contributed by atoms with Crippen LogP contribution < -0.4 is 0 Å². The van der Waals surface area contributed by atoms with E-state index >= 15 is 0 Å². The molecule has 1 rings (SSSR count). The highest BCUT2D eigenvalue weighted by atomic mass is 16.6. The Morgan fingerprint density at radius 3 is 1.52 bits per heavy atom. The fourth-order valence-electron chi connectivity index (χ4n) is 1.88. The van der Waals surface area contributed by atoms with Gasteiger partial charge in [0.05, 0.1) is 26.4 Å². The molecule has 0 unspecified atom stereocenters. The standard InChI is InChI=1S/C17H26O6/c18-16-8-6-4-2-1-3-5-7-9-17(19)23-15-13-21-11-10-20-12-14-22-16/h6-9H,1-5,10-15H2/b8-6+,9-7+. The molecular weight excluding hydrogens is 300 g/mol. The molecule has 0 radical (unpaired) electrons. The van der Waals surface area contributed by atoms with Gasteiger partial charge in [-0.3, -0.25) is 0 Å². The van der Waals surface area contributed by atoms with Gasteiger partial charge in [-0.2, -0.15) is 0 Å². The van der Waals surface area contributed by atoms with Crippen molar-refractivity contribution in [1.82, 2.24) is 0 Å². The number of rotatable bonds is 0. The second-order valence-electron chi connectivity index (χ2n) is 5.00. The van der Waals surface area contributed by atoms with Crippen molar-refractivity contribution in [2.24, 2.45) is 0 Å². The van der Waals surface area contributed by atoms with E-state index < -0.39 is 0 Å². The summed E-state index contributed by atoms with van der Waals surface area (Å²) < 4.78 is 20.5. The Morgan fingerprint density at radius 1 is 0.609 bits per heavy atom. The molecule has 0 amide bonds. The normalized spacial score (nSPS) is 23.8. The zero-order valence-electron chi connectivity index (χ0n) is 13.5. The van der Waals surface area contributed by atoms with Crippen LogP contribution in [0.3, 0.4) is 0 Å². The van der Waals surface area contributed by atoms with E-state index in [9.17, 15) is 9.59 Å². The second-order valence-corrected chi connectivity index (χ2v) is 5.00. The Bertz CT molecular complexity index is 353. The van der Waals surface area contributed by atoms with E-state index in [0.717, 1.165) is 32.1 Å². The Hall–Kier alpha value is -1.66. The van der Waals surface area contributed by atoms with E-state index in [1.807, 2.05) is 12.2 Å². The van der Waals surface area contributed by atoms with Crippen molar-refractivity contribution >= 4 is 11.9 Å². The smallest absolute Gasteiger partial charge is 0.330 e. The number of esters is 2. The minimum Gasteiger partial charge on any atom is -0.460 e. The third kappa shape index (κ3) is 12.6. The third-order valence-electron chi connectivity index (χ3n) is 3.07. The van der Waals surface area contributed by atoms with Crippen LogP contribution in [-0.2, 0) is 28.5 Å². The van der Waals surface area contributed by atoms with Crippen LogP contribution in [0.2, 0.25) is 0 Å². The van der Waals surface area contributed by atoms with Crippen LogP contribution in [0, 0.1) is 0 Å². The minimum atomic E-state index is -0.339. The van der Waals surface area contributed by atoms with E-state index in [1.165, 1.54) is 12.2 Å². The van der Waals surface area contributed by atoms with Crippen molar-refractivity contribution in [2.45, 2.75) is 32.1 Å². The molecule has 0 saturated carbocycles. The first-order valence-electron chi connectivity index (χ1n) is 8.11. The minimum absolute atomic E-state index is 0.229. The molecular formula is C17H26O6. The highest BCUT2D eigenvalue weighted by molar-refractivity contribution is 5.82. The lowest BCUT2D eigenvalue weighted by Gasteiger charge is -2.06. The quantitative estimate of drug-likeness (QED) is 0.636. The lowest BCUT2D eigenvalue weighted by molar-refractivity contribution is -0.141. The van der Waals surface area contributed by atoms with Crippen molar-refractivity contribution in [1.29, 1.82) is 0 Å². The molecule has 0 atom stereocenters. The Labute approximate surface area is 137 Å². The van der Waals surface area contributed by atoms with Gasteiger partial charge in [0.1, 0.15) is 13.2 Å². The summed E-state index contributed by atoms with van der Waals surface area (Å²) in [5.74, 6) is -0.677. The van der Waals surface area contributed by atoms with Gasteiger partial charge in [0.2, 0.25) is 0 Å². The van der Waals surface area contributed by atoms with Crippen molar-refractivity contribution in [2.75, 3.05) is 39.6 Å². The lowest BCUT2D eigenvalue weighted by atomic mass is 10.1. The predicted octanol–water partition coefficient (Wildman–Crippen LogP) is 2.18. The van der Waals surface area contributed by atoms with Gasteiger partial charge in [0.15, 0.2) is 0 Å². The van der Waals surface area contributed by atoms with Gasteiger partial charge in [-0.1, -0.05) is 18.6 Å². The zero-order chi connectivity index (χ0) is 16.6. The Balaban J connectivity index is 2.28. The summed E-state index contributed by atoms with van der Waals surface area (Å²) in [6, 6.07) is 0. The van der Waals surface area contributed by atoms with Crippen LogP contribution in [0.5, 0.6) is 0 Å². The van der Waals surface area contributed by atoms with Gasteiger partial charge in [-0.25, -0.2) is 9.59 Å². The number of hydrogen-bond acceptors (Lipinski definition) is 6. The average molecular weight is 326 g/mol. The summed E-state index contributed by atoms with van der Waals surface area (Å²) in [5.41, 5.74) is 0. The van der Waals surface area contributed by atoms with Crippen LogP contribution in [0.4, 0.5) is 0 Å². The highest BCUT2D eigenvalue weighted by Crippen LogP contribution is 2.04. The summed E-state index contributed by atoms with van der Waals surface area (Å²) in [6.07, 6.45) is 11.3. The highest BCUT2D eigenvalue weighted by Gasteiger charge is 1.99. The summed E-state index contributed by atoms with van der Waals surface area (Å²) in [4.78, 5) is 22.8. The second kappa shape index (κ2) is 14.0. The molecule has 130 valence electrons. The molecule has 0 saturated heterocycles. The predicted molar refractivity (Wildman–Crippen MR) is 84.9 cm³/mol. The average Bonchev–Trinajstić information content (AvgIpc) is 2.54. The maximum Gasteiger partial charge on any atom is 0.330 e. The van der Waals surface area contributed by atoms with Crippen molar-refractivity contribution in [3.63, 3.8) is 0 Å². The fraction of sp³-hybridized carbons (Fsp3) is 0.647. The van der Waals surface area contributed by atoms with Crippen molar-refractivity contribution in [3.05, 3.63) is 24.3 Å². The lowest BCUT2D eigenvalue weighted by Crippen LogP contribution is -2.14.